The number of nitrogens with one attached hydrogen (secondary N) is 2. The molecule has 0 spiro atoms. The van der Waals surface area contributed by atoms with Crippen molar-refractivity contribution in [3.05, 3.63) is 48.0 Å². The minimum absolute atomic E-state index is 0.292. The van der Waals surface area contributed by atoms with Gasteiger partial charge < -0.3 is 10.6 Å². The summed E-state index contributed by atoms with van der Waals surface area (Å²) in [4.78, 5) is 24.0. The molecule has 0 atom stereocenters. The van der Waals surface area contributed by atoms with E-state index in [9.17, 15) is 9.59 Å². The van der Waals surface area contributed by atoms with Crippen LogP contribution in [0.2, 0.25) is 0 Å². The number of hydrogen-bond donors (Lipinski definition) is 2. The summed E-state index contributed by atoms with van der Waals surface area (Å²) in [6.45, 7) is 9.52. The summed E-state index contributed by atoms with van der Waals surface area (Å²) in [6.07, 6.45) is 1.58. The van der Waals surface area contributed by atoms with Crippen molar-refractivity contribution in [1.29, 1.82) is 0 Å². The molecule has 0 aromatic heterocycles. The molecule has 0 saturated carbocycles. The largest absolute Gasteiger partial charge is 0.352 e. The van der Waals surface area contributed by atoms with Crippen LogP contribution in [0.4, 0.5) is 0 Å². The van der Waals surface area contributed by atoms with E-state index in [4.69, 9.17) is 0 Å². The Kier molecular flexibility index (Phi) is 5.50. The Labute approximate surface area is 120 Å². The van der Waals surface area contributed by atoms with E-state index >= 15 is 0 Å². The molecule has 2 amide bonds. The van der Waals surface area contributed by atoms with Gasteiger partial charge in [0.1, 0.15) is 5.41 Å². The van der Waals surface area contributed by atoms with Crippen LogP contribution in [-0.4, -0.2) is 18.4 Å². The van der Waals surface area contributed by atoms with Gasteiger partial charge in [-0.25, -0.2) is 0 Å². The highest BCUT2D eigenvalue weighted by Crippen LogP contribution is 2.15. The average molecular weight is 274 g/mol. The molecule has 20 heavy (non-hydrogen) atoms. The quantitative estimate of drug-likeness (QED) is 0.615. The summed E-state index contributed by atoms with van der Waals surface area (Å²) in [5.74, 6) is -0.599. The van der Waals surface area contributed by atoms with Gasteiger partial charge in [-0.2, -0.15) is 0 Å². The second kappa shape index (κ2) is 6.89. The van der Waals surface area contributed by atoms with Crippen molar-refractivity contribution in [3.8, 4) is 0 Å². The van der Waals surface area contributed by atoms with Crippen molar-refractivity contribution >= 4 is 11.8 Å². The van der Waals surface area contributed by atoms with Gasteiger partial charge in [0.25, 0.3) is 0 Å². The van der Waals surface area contributed by atoms with Crippen molar-refractivity contribution in [2.45, 2.75) is 27.3 Å². The van der Waals surface area contributed by atoms with E-state index in [-0.39, 0.29) is 11.8 Å². The predicted molar refractivity (Wildman–Crippen MR) is 80.0 cm³/mol. The summed E-state index contributed by atoms with van der Waals surface area (Å²) in [7, 11) is 0. The van der Waals surface area contributed by atoms with E-state index < -0.39 is 5.41 Å². The molecule has 0 aliphatic rings. The summed E-state index contributed by atoms with van der Waals surface area (Å²) in [5, 5.41) is 5.43. The van der Waals surface area contributed by atoms with Crippen LogP contribution >= 0.6 is 0 Å². The Hall–Kier alpha value is -2.10. The fraction of sp³-hybridized carbons (Fsp3) is 0.375. The van der Waals surface area contributed by atoms with E-state index in [2.05, 4.69) is 17.2 Å². The highest BCUT2D eigenvalue weighted by atomic mass is 16.2. The van der Waals surface area contributed by atoms with E-state index in [1.165, 1.54) is 5.56 Å². The maximum Gasteiger partial charge on any atom is 0.235 e. The number of carbonyl (C=O) groups is 2. The fourth-order valence-corrected chi connectivity index (χ4v) is 1.60. The normalized spacial score (nSPS) is 10.8. The second-order valence-corrected chi connectivity index (χ2v) is 5.29. The van der Waals surface area contributed by atoms with Crippen LogP contribution in [0, 0.1) is 12.3 Å². The zero-order valence-electron chi connectivity index (χ0n) is 12.3. The molecule has 0 heterocycles. The van der Waals surface area contributed by atoms with Crippen LogP contribution in [0.15, 0.2) is 36.9 Å². The number of amides is 2. The molecule has 4 nitrogen and oxygen atoms in total. The zero-order chi connectivity index (χ0) is 15.2. The van der Waals surface area contributed by atoms with Gasteiger partial charge in [-0.3, -0.25) is 9.59 Å². The SMILES string of the molecule is C=CCNC(=O)C(C)(C)C(=O)NCc1ccc(C)cc1. The van der Waals surface area contributed by atoms with Crippen LogP contribution in [0.25, 0.3) is 0 Å². The van der Waals surface area contributed by atoms with Gasteiger partial charge >= 0.3 is 0 Å². The van der Waals surface area contributed by atoms with Crippen molar-refractivity contribution in [2.75, 3.05) is 6.54 Å². The van der Waals surface area contributed by atoms with Crippen LogP contribution in [0.1, 0.15) is 25.0 Å². The van der Waals surface area contributed by atoms with Crippen LogP contribution in [0.3, 0.4) is 0 Å². The molecule has 2 N–H and O–H groups in total. The lowest BCUT2D eigenvalue weighted by atomic mass is 9.91. The number of aryl methyl sites for hydroxylation is 1. The topological polar surface area (TPSA) is 58.2 Å². The van der Waals surface area contributed by atoms with Gasteiger partial charge in [0.2, 0.25) is 11.8 Å². The van der Waals surface area contributed by atoms with Crippen molar-refractivity contribution in [1.82, 2.24) is 10.6 Å². The first kappa shape index (κ1) is 16.0. The number of carbonyl (C=O) groups excluding carboxylic acids is 2. The highest BCUT2D eigenvalue weighted by Gasteiger charge is 2.35. The number of benzene rings is 1. The van der Waals surface area contributed by atoms with E-state index in [1.807, 2.05) is 31.2 Å². The molecule has 0 unspecified atom stereocenters. The average Bonchev–Trinajstić information content (AvgIpc) is 2.43. The van der Waals surface area contributed by atoms with Crippen molar-refractivity contribution < 1.29 is 9.59 Å². The number of hydrogen-bond acceptors (Lipinski definition) is 2. The summed E-state index contributed by atoms with van der Waals surface area (Å²) >= 11 is 0. The summed E-state index contributed by atoms with van der Waals surface area (Å²) in [6, 6.07) is 7.90. The Balaban J connectivity index is 2.58. The lowest BCUT2D eigenvalue weighted by molar-refractivity contribution is -0.141. The first-order valence-corrected chi connectivity index (χ1v) is 6.61. The van der Waals surface area contributed by atoms with Gasteiger partial charge in [-0.1, -0.05) is 35.9 Å². The predicted octanol–water partition coefficient (Wildman–Crippen LogP) is 1.94. The van der Waals surface area contributed by atoms with Gasteiger partial charge in [0.05, 0.1) is 0 Å². The van der Waals surface area contributed by atoms with E-state index in [0.29, 0.717) is 13.1 Å². The zero-order valence-corrected chi connectivity index (χ0v) is 12.3. The van der Waals surface area contributed by atoms with E-state index in [1.54, 1.807) is 19.9 Å². The molecule has 0 aliphatic heterocycles. The molecule has 1 rings (SSSR count). The minimum Gasteiger partial charge on any atom is -0.352 e. The molecular formula is C16H22N2O2. The minimum atomic E-state index is -1.10. The molecule has 1 aromatic rings. The molecule has 4 heteroatoms. The fourth-order valence-electron chi connectivity index (χ4n) is 1.60. The molecular weight excluding hydrogens is 252 g/mol. The van der Waals surface area contributed by atoms with Crippen molar-refractivity contribution in [2.24, 2.45) is 5.41 Å². The van der Waals surface area contributed by atoms with E-state index in [0.717, 1.165) is 5.56 Å². The molecule has 1 aromatic carbocycles. The third-order valence-electron chi connectivity index (χ3n) is 3.12. The third-order valence-corrected chi connectivity index (χ3v) is 3.12. The van der Waals surface area contributed by atoms with Crippen LogP contribution in [-0.2, 0) is 16.1 Å². The molecule has 0 fully saturated rings. The Morgan fingerprint density at radius 3 is 2.25 bits per heavy atom. The number of rotatable bonds is 6. The van der Waals surface area contributed by atoms with Gasteiger partial charge in [-0.05, 0) is 26.3 Å². The smallest absolute Gasteiger partial charge is 0.235 e. The molecule has 0 aliphatic carbocycles. The Morgan fingerprint density at radius 1 is 1.15 bits per heavy atom. The van der Waals surface area contributed by atoms with Gasteiger partial charge in [0.15, 0.2) is 0 Å². The third kappa shape index (κ3) is 4.23. The summed E-state index contributed by atoms with van der Waals surface area (Å²) in [5.41, 5.74) is 1.07. The Morgan fingerprint density at radius 2 is 1.70 bits per heavy atom. The van der Waals surface area contributed by atoms with Crippen LogP contribution < -0.4 is 10.6 Å². The van der Waals surface area contributed by atoms with Crippen LogP contribution in [0.5, 0.6) is 0 Å². The summed E-state index contributed by atoms with van der Waals surface area (Å²) < 4.78 is 0. The van der Waals surface area contributed by atoms with Gasteiger partial charge in [-0.15, -0.1) is 6.58 Å². The molecule has 0 bridgehead atoms. The Bertz CT molecular complexity index is 490. The lowest BCUT2D eigenvalue weighted by Gasteiger charge is -2.22. The first-order valence-electron chi connectivity index (χ1n) is 6.61. The maximum atomic E-state index is 12.1. The highest BCUT2D eigenvalue weighted by molar-refractivity contribution is 6.04. The second-order valence-electron chi connectivity index (χ2n) is 5.29. The first-order chi connectivity index (χ1) is 9.37. The lowest BCUT2D eigenvalue weighted by Crippen LogP contribution is -2.47. The standard InChI is InChI=1S/C16H22N2O2/c1-5-10-17-14(19)16(3,4)15(20)18-11-13-8-6-12(2)7-9-13/h5-9H,1,10-11H2,2-4H3,(H,17,19)(H,18,20). The van der Waals surface area contributed by atoms with Gasteiger partial charge in [0, 0.05) is 13.1 Å². The monoisotopic (exact) mass is 274 g/mol. The maximum absolute atomic E-state index is 12.1. The molecule has 108 valence electrons. The molecule has 0 saturated heterocycles. The molecule has 0 radical (unpaired) electrons. The van der Waals surface area contributed by atoms with Crippen molar-refractivity contribution in [3.63, 3.8) is 0 Å².